The van der Waals surface area contributed by atoms with Crippen molar-refractivity contribution < 1.29 is 9.59 Å². The molecule has 0 unspecified atom stereocenters. The lowest BCUT2D eigenvalue weighted by Crippen LogP contribution is -2.40. The van der Waals surface area contributed by atoms with Gasteiger partial charge in [-0.15, -0.1) is 11.3 Å². The van der Waals surface area contributed by atoms with Gasteiger partial charge in [0, 0.05) is 29.6 Å². The number of anilines is 2. The summed E-state index contributed by atoms with van der Waals surface area (Å²) in [6.07, 6.45) is 2.18. The third kappa shape index (κ3) is 4.55. The first-order valence-electron chi connectivity index (χ1n) is 9.04. The Kier molecular flexibility index (Phi) is 5.73. The number of thiazole rings is 1. The van der Waals surface area contributed by atoms with Gasteiger partial charge >= 0.3 is 0 Å². The fraction of sp³-hybridized carbons (Fsp3) is 0.200. The van der Waals surface area contributed by atoms with Crippen LogP contribution in [0.5, 0.6) is 0 Å². The van der Waals surface area contributed by atoms with E-state index in [-0.39, 0.29) is 18.4 Å². The zero-order valence-electron chi connectivity index (χ0n) is 15.4. The maximum atomic E-state index is 12.5. The lowest BCUT2D eigenvalue weighted by molar-refractivity contribution is -0.117. The molecule has 3 heterocycles. The topological polar surface area (TPSA) is 87.2 Å². The minimum atomic E-state index is -0.236. The van der Waals surface area contributed by atoms with Crippen molar-refractivity contribution >= 4 is 46.3 Å². The number of nitrogens with one attached hydrogen (secondary N) is 2. The molecule has 7 nitrogen and oxygen atoms in total. The summed E-state index contributed by atoms with van der Waals surface area (Å²) in [5.41, 5.74) is 4.64. The molecule has 9 heteroatoms. The summed E-state index contributed by atoms with van der Waals surface area (Å²) in [5.74, 6) is 0.257. The van der Waals surface area contributed by atoms with E-state index in [1.165, 1.54) is 17.5 Å². The van der Waals surface area contributed by atoms with Crippen molar-refractivity contribution in [3.63, 3.8) is 0 Å². The van der Waals surface area contributed by atoms with Gasteiger partial charge in [0.15, 0.2) is 5.82 Å². The Balaban J connectivity index is 1.50. The SMILES string of the molecule is O=C(NCCc1cscn1)c1cnc2c(c1)N(Cc1ccc(Cl)cc1)C(=O)CN2. The van der Waals surface area contributed by atoms with Crippen LogP contribution in [0.2, 0.25) is 5.02 Å². The van der Waals surface area contributed by atoms with E-state index < -0.39 is 0 Å². The van der Waals surface area contributed by atoms with E-state index in [0.717, 1.165) is 11.3 Å². The van der Waals surface area contributed by atoms with Crippen LogP contribution in [0.15, 0.2) is 47.4 Å². The molecule has 3 aromatic rings. The molecule has 0 saturated carbocycles. The summed E-state index contributed by atoms with van der Waals surface area (Å²) in [7, 11) is 0. The quantitative estimate of drug-likeness (QED) is 0.631. The lowest BCUT2D eigenvalue weighted by atomic mass is 10.1. The highest BCUT2D eigenvalue weighted by Crippen LogP contribution is 2.30. The number of hydrogen-bond donors (Lipinski definition) is 2. The number of carbonyl (C=O) groups excluding carboxylic acids is 2. The summed E-state index contributed by atoms with van der Waals surface area (Å²) in [6.45, 7) is 1.01. The number of nitrogens with zero attached hydrogens (tertiary/aromatic N) is 3. The van der Waals surface area contributed by atoms with E-state index in [0.29, 0.717) is 41.6 Å². The van der Waals surface area contributed by atoms with Crippen LogP contribution < -0.4 is 15.5 Å². The third-order valence-corrected chi connectivity index (χ3v) is 5.42. The smallest absolute Gasteiger partial charge is 0.252 e. The van der Waals surface area contributed by atoms with Gasteiger partial charge in [-0.05, 0) is 23.8 Å². The number of pyridine rings is 1. The number of hydrogen-bond acceptors (Lipinski definition) is 6. The van der Waals surface area contributed by atoms with Crippen LogP contribution in [-0.4, -0.2) is 34.9 Å². The van der Waals surface area contributed by atoms with Gasteiger partial charge in [-0.3, -0.25) is 9.59 Å². The first kappa shape index (κ1) is 19.4. The maximum Gasteiger partial charge on any atom is 0.252 e. The maximum absolute atomic E-state index is 12.5. The number of benzene rings is 1. The minimum absolute atomic E-state index is 0.0876. The molecule has 1 aliphatic rings. The van der Waals surface area contributed by atoms with Crippen LogP contribution >= 0.6 is 22.9 Å². The van der Waals surface area contributed by atoms with Crippen molar-refractivity contribution in [2.24, 2.45) is 0 Å². The molecule has 2 aromatic heterocycles. The van der Waals surface area contributed by atoms with Gasteiger partial charge in [-0.2, -0.15) is 0 Å². The van der Waals surface area contributed by atoms with Crippen molar-refractivity contribution in [1.29, 1.82) is 0 Å². The normalized spacial score (nSPS) is 13.0. The standard InChI is InChI=1S/C20H18ClN5O2S/c21-15-3-1-13(2-4-15)10-26-17-7-14(8-23-19(17)24-9-18(26)27)20(28)22-6-5-16-11-29-12-25-16/h1-4,7-8,11-12H,5-6,9-10H2,(H,22,28)(H,23,24). The van der Waals surface area contributed by atoms with Gasteiger partial charge in [-0.25, -0.2) is 9.97 Å². The molecule has 0 saturated heterocycles. The van der Waals surface area contributed by atoms with E-state index in [4.69, 9.17) is 11.6 Å². The van der Waals surface area contributed by atoms with Crippen LogP contribution in [0.3, 0.4) is 0 Å². The highest BCUT2D eigenvalue weighted by molar-refractivity contribution is 7.07. The molecule has 0 bridgehead atoms. The average molecular weight is 428 g/mol. The monoisotopic (exact) mass is 427 g/mol. The molecule has 1 aromatic carbocycles. The van der Waals surface area contributed by atoms with Crippen molar-refractivity contribution in [3.8, 4) is 0 Å². The number of fused-ring (bicyclic) bond motifs is 1. The number of amides is 2. The minimum Gasteiger partial charge on any atom is -0.359 e. The van der Waals surface area contributed by atoms with Crippen molar-refractivity contribution in [3.05, 3.63) is 69.3 Å². The first-order chi connectivity index (χ1) is 14.1. The molecular formula is C20H18ClN5O2S. The van der Waals surface area contributed by atoms with Gasteiger partial charge in [0.1, 0.15) is 0 Å². The third-order valence-electron chi connectivity index (χ3n) is 4.53. The Labute approximate surface area is 176 Å². The number of aromatic nitrogens is 2. The molecular weight excluding hydrogens is 410 g/mol. The van der Waals surface area contributed by atoms with Crippen molar-refractivity contribution in [2.45, 2.75) is 13.0 Å². The molecule has 0 radical (unpaired) electrons. The first-order valence-corrected chi connectivity index (χ1v) is 10.4. The highest BCUT2D eigenvalue weighted by Gasteiger charge is 2.26. The second-order valence-electron chi connectivity index (χ2n) is 6.54. The zero-order valence-corrected chi connectivity index (χ0v) is 17.0. The van der Waals surface area contributed by atoms with Gasteiger partial charge in [0.2, 0.25) is 5.91 Å². The van der Waals surface area contributed by atoms with Crippen LogP contribution in [0.25, 0.3) is 0 Å². The van der Waals surface area contributed by atoms with E-state index in [9.17, 15) is 9.59 Å². The van der Waals surface area contributed by atoms with Crippen LogP contribution in [0.4, 0.5) is 11.5 Å². The molecule has 0 aliphatic carbocycles. The van der Waals surface area contributed by atoms with Crippen LogP contribution in [0.1, 0.15) is 21.6 Å². The summed E-state index contributed by atoms with van der Waals surface area (Å²) >= 11 is 7.47. The largest absolute Gasteiger partial charge is 0.359 e. The average Bonchev–Trinajstić information content (AvgIpc) is 3.25. The van der Waals surface area contributed by atoms with E-state index in [2.05, 4.69) is 20.6 Å². The number of rotatable bonds is 6. The van der Waals surface area contributed by atoms with Gasteiger partial charge < -0.3 is 15.5 Å². The number of halogens is 1. The van der Waals surface area contributed by atoms with Gasteiger partial charge in [-0.1, -0.05) is 23.7 Å². The van der Waals surface area contributed by atoms with E-state index in [1.807, 2.05) is 17.5 Å². The Hall–Kier alpha value is -2.97. The lowest BCUT2D eigenvalue weighted by Gasteiger charge is -2.29. The summed E-state index contributed by atoms with van der Waals surface area (Å²) in [6, 6.07) is 9.02. The van der Waals surface area contributed by atoms with E-state index >= 15 is 0 Å². The summed E-state index contributed by atoms with van der Waals surface area (Å²) in [5, 5.41) is 8.47. The Morgan fingerprint density at radius 1 is 1.28 bits per heavy atom. The predicted octanol–water partition coefficient (Wildman–Crippen LogP) is 3.12. The zero-order chi connectivity index (χ0) is 20.2. The molecule has 0 spiro atoms. The Bertz CT molecular complexity index is 1020. The fourth-order valence-corrected chi connectivity index (χ4v) is 3.74. The van der Waals surface area contributed by atoms with Gasteiger partial charge in [0.05, 0.1) is 35.5 Å². The summed E-state index contributed by atoms with van der Waals surface area (Å²) < 4.78 is 0. The Morgan fingerprint density at radius 2 is 2.10 bits per heavy atom. The molecule has 0 fully saturated rings. The highest BCUT2D eigenvalue weighted by atomic mass is 35.5. The van der Waals surface area contributed by atoms with E-state index in [1.54, 1.807) is 28.6 Å². The van der Waals surface area contributed by atoms with Crippen LogP contribution in [0, 0.1) is 0 Å². The predicted molar refractivity (Wildman–Crippen MR) is 114 cm³/mol. The summed E-state index contributed by atoms with van der Waals surface area (Å²) in [4.78, 5) is 35.2. The van der Waals surface area contributed by atoms with Gasteiger partial charge in [0.25, 0.3) is 5.91 Å². The second kappa shape index (κ2) is 8.59. The van der Waals surface area contributed by atoms with Crippen LogP contribution in [-0.2, 0) is 17.8 Å². The molecule has 29 heavy (non-hydrogen) atoms. The molecule has 148 valence electrons. The molecule has 2 amide bonds. The molecule has 1 aliphatic heterocycles. The van der Waals surface area contributed by atoms with Crippen molar-refractivity contribution in [2.75, 3.05) is 23.3 Å². The fourth-order valence-electron chi connectivity index (χ4n) is 3.02. The second-order valence-corrected chi connectivity index (χ2v) is 7.69. The Morgan fingerprint density at radius 3 is 2.86 bits per heavy atom. The molecule has 0 atom stereocenters. The molecule has 4 rings (SSSR count). The number of carbonyl (C=O) groups is 2. The van der Waals surface area contributed by atoms with Crippen molar-refractivity contribution in [1.82, 2.24) is 15.3 Å². The molecule has 2 N–H and O–H groups in total.